The first kappa shape index (κ1) is 11.0. The van der Waals surface area contributed by atoms with Gasteiger partial charge in [-0.2, -0.15) is 0 Å². The molecular weight excluding hydrogens is 214 g/mol. The van der Waals surface area contributed by atoms with E-state index in [0.717, 1.165) is 10.5 Å². The standard InChI is InChI=1S/C11H12F2N2O/c12-9(13)6-15-7-14-10(11(15)16)8-4-2-1-3-5-8/h1-5,9-10,14H,6-7H2. The summed E-state index contributed by atoms with van der Waals surface area (Å²) in [5.41, 5.74) is 0.810. The Bertz CT molecular complexity index is 370. The maximum Gasteiger partial charge on any atom is 0.255 e. The van der Waals surface area contributed by atoms with E-state index in [-0.39, 0.29) is 12.6 Å². The first-order chi connectivity index (χ1) is 7.68. The third kappa shape index (κ3) is 2.19. The number of amides is 1. The minimum atomic E-state index is -2.49. The first-order valence-corrected chi connectivity index (χ1v) is 5.04. The van der Waals surface area contributed by atoms with Crippen molar-refractivity contribution in [3.63, 3.8) is 0 Å². The number of benzene rings is 1. The zero-order chi connectivity index (χ0) is 11.5. The van der Waals surface area contributed by atoms with Gasteiger partial charge in [-0.05, 0) is 5.56 Å². The van der Waals surface area contributed by atoms with Crippen molar-refractivity contribution in [2.24, 2.45) is 0 Å². The lowest BCUT2D eigenvalue weighted by Crippen LogP contribution is -2.31. The molecule has 1 aliphatic heterocycles. The molecule has 16 heavy (non-hydrogen) atoms. The Morgan fingerprint density at radius 2 is 2.06 bits per heavy atom. The van der Waals surface area contributed by atoms with Crippen LogP contribution in [0.5, 0.6) is 0 Å². The molecule has 0 radical (unpaired) electrons. The van der Waals surface area contributed by atoms with E-state index in [4.69, 9.17) is 0 Å². The Kier molecular flexibility index (Phi) is 3.14. The summed E-state index contributed by atoms with van der Waals surface area (Å²) in [5, 5.41) is 2.92. The van der Waals surface area contributed by atoms with Crippen LogP contribution in [0.4, 0.5) is 8.78 Å². The Labute approximate surface area is 92.1 Å². The molecule has 1 heterocycles. The normalized spacial score (nSPS) is 20.8. The van der Waals surface area contributed by atoms with Crippen molar-refractivity contribution >= 4 is 5.91 Å². The Morgan fingerprint density at radius 1 is 1.38 bits per heavy atom. The average Bonchev–Trinajstić information content (AvgIpc) is 2.61. The average molecular weight is 226 g/mol. The molecule has 1 aromatic carbocycles. The van der Waals surface area contributed by atoms with Crippen molar-refractivity contribution in [1.82, 2.24) is 10.2 Å². The summed E-state index contributed by atoms with van der Waals surface area (Å²) in [4.78, 5) is 12.9. The Morgan fingerprint density at radius 3 is 2.69 bits per heavy atom. The zero-order valence-electron chi connectivity index (χ0n) is 8.57. The van der Waals surface area contributed by atoms with Crippen molar-refractivity contribution < 1.29 is 13.6 Å². The van der Waals surface area contributed by atoms with Gasteiger partial charge in [-0.25, -0.2) is 8.78 Å². The first-order valence-electron chi connectivity index (χ1n) is 5.04. The van der Waals surface area contributed by atoms with Gasteiger partial charge < -0.3 is 4.90 Å². The molecular formula is C11H12F2N2O. The third-order valence-electron chi connectivity index (χ3n) is 2.54. The van der Waals surface area contributed by atoms with Crippen LogP contribution in [-0.2, 0) is 4.79 Å². The van der Waals surface area contributed by atoms with E-state index in [1.807, 2.05) is 18.2 Å². The predicted molar refractivity (Wildman–Crippen MR) is 54.9 cm³/mol. The van der Waals surface area contributed by atoms with E-state index in [2.05, 4.69) is 5.32 Å². The molecule has 1 amide bonds. The lowest BCUT2D eigenvalue weighted by Gasteiger charge is -2.14. The summed E-state index contributed by atoms with van der Waals surface area (Å²) in [7, 11) is 0. The SMILES string of the molecule is O=C1C(c2ccccc2)NCN1CC(F)F. The number of hydrogen-bond donors (Lipinski definition) is 1. The molecule has 2 rings (SSSR count). The third-order valence-corrected chi connectivity index (χ3v) is 2.54. The van der Waals surface area contributed by atoms with Gasteiger partial charge in [-0.15, -0.1) is 0 Å². The van der Waals surface area contributed by atoms with Crippen molar-refractivity contribution in [2.45, 2.75) is 12.5 Å². The van der Waals surface area contributed by atoms with Gasteiger partial charge in [0.05, 0.1) is 13.2 Å². The van der Waals surface area contributed by atoms with Crippen LogP contribution in [0.25, 0.3) is 0 Å². The van der Waals surface area contributed by atoms with Crippen LogP contribution in [-0.4, -0.2) is 30.4 Å². The molecule has 1 fully saturated rings. The highest BCUT2D eigenvalue weighted by Gasteiger charge is 2.33. The number of hydrogen-bond acceptors (Lipinski definition) is 2. The number of halogens is 2. The molecule has 86 valence electrons. The maximum atomic E-state index is 12.2. The summed E-state index contributed by atoms with van der Waals surface area (Å²) < 4.78 is 24.3. The van der Waals surface area contributed by atoms with Crippen LogP contribution in [0, 0.1) is 0 Å². The minimum Gasteiger partial charge on any atom is -0.323 e. The summed E-state index contributed by atoms with van der Waals surface area (Å²) in [6, 6.07) is 8.61. The Balaban J connectivity index is 2.08. The van der Waals surface area contributed by atoms with Gasteiger partial charge in [-0.3, -0.25) is 10.1 Å². The van der Waals surface area contributed by atoms with E-state index in [1.165, 1.54) is 0 Å². The smallest absolute Gasteiger partial charge is 0.255 e. The molecule has 0 spiro atoms. The van der Waals surface area contributed by atoms with E-state index in [1.54, 1.807) is 12.1 Å². The molecule has 1 unspecified atom stereocenters. The molecule has 0 aromatic heterocycles. The zero-order valence-corrected chi connectivity index (χ0v) is 8.57. The quantitative estimate of drug-likeness (QED) is 0.844. The van der Waals surface area contributed by atoms with Gasteiger partial charge >= 0.3 is 0 Å². The molecule has 5 heteroatoms. The van der Waals surface area contributed by atoms with Crippen molar-refractivity contribution in [3.05, 3.63) is 35.9 Å². The van der Waals surface area contributed by atoms with Crippen LogP contribution in [0.1, 0.15) is 11.6 Å². The predicted octanol–water partition coefficient (Wildman–Crippen LogP) is 1.38. The topological polar surface area (TPSA) is 32.3 Å². The second-order valence-corrected chi connectivity index (χ2v) is 3.66. The molecule has 1 N–H and O–H groups in total. The van der Waals surface area contributed by atoms with Gasteiger partial charge in [-0.1, -0.05) is 30.3 Å². The van der Waals surface area contributed by atoms with Gasteiger partial charge in [0.25, 0.3) is 6.43 Å². The van der Waals surface area contributed by atoms with Gasteiger partial charge in [0.1, 0.15) is 6.04 Å². The summed E-state index contributed by atoms with van der Waals surface area (Å²) in [5.74, 6) is -0.286. The fourth-order valence-electron chi connectivity index (χ4n) is 1.78. The largest absolute Gasteiger partial charge is 0.323 e. The number of carbonyl (C=O) groups is 1. The monoisotopic (exact) mass is 226 g/mol. The molecule has 0 aliphatic carbocycles. The fourth-order valence-corrected chi connectivity index (χ4v) is 1.78. The van der Waals surface area contributed by atoms with Crippen molar-refractivity contribution in [1.29, 1.82) is 0 Å². The lowest BCUT2D eigenvalue weighted by molar-refractivity contribution is -0.130. The minimum absolute atomic E-state index is 0.183. The number of nitrogens with one attached hydrogen (secondary N) is 1. The highest BCUT2D eigenvalue weighted by molar-refractivity contribution is 5.85. The van der Waals surface area contributed by atoms with Crippen LogP contribution < -0.4 is 5.32 Å². The number of alkyl halides is 2. The molecule has 1 aliphatic rings. The van der Waals surface area contributed by atoms with Gasteiger partial charge in [0.2, 0.25) is 5.91 Å². The van der Waals surface area contributed by atoms with E-state index in [9.17, 15) is 13.6 Å². The van der Waals surface area contributed by atoms with Crippen molar-refractivity contribution in [3.8, 4) is 0 Å². The second kappa shape index (κ2) is 4.57. The number of carbonyl (C=O) groups excluding carboxylic acids is 1. The van der Waals surface area contributed by atoms with Crippen LogP contribution in [0.3, 0.4) is 0 Å². The van der Waals surface area contributed by atoms with E-state index in [0.29, 0.717) is 0 Å². The molecule has 3 nitrogen and oxygen atoms in total. The van der Waals surface area contributed by atoms with E-state index < -0.39 is 19.0 Å². The van der Waals surface area contributed by atoms with E-state index >= 15 is 0 Å². The summed E-state index contributed by atoms with van der Waals surface area (Å²) in [6.07, 6.45) is -2.49. The summed E-state index contributed by atoms with van der Waals surface area (Å²) in [6.45, 7) is -0.322. The molecule has 1 saturated heterocycles. The molecule has 0 bridgehead atoms. The van der Waals surface area contributed by atoms with Gasteiger partial charge in [0.15, 0.2) is 0 Å². The molecule has 1 aromatic rings. The molecule has 0 saturated carbocycles. The Hall–Kier alpha value is -1.49. The second-order valence-electron chi connectivity index (χ2n) is 3.66. The maximum absolute atomic E-state index is 12.2. The number of nitrogens with zero attached hydrogens (tertiary/aromatic N) is 1. The van der Waals surface area contributed by atoms with Gasteiger partial charge in [0, 0.05) is 0 Å². The lowest BCUT2D eigenvalue weighted by atomic mass is 10.1. The van der Waals surface area contributed by atoms with Crippen LogP contribution >= 0.6 is 0 Å². The summed E-state index contributed by atoms with van der Waals surface area (Å²) >= 11 is 0. The number of rotatable bonds is 3. The van der Waals surface area contributed by atoms with Crippen LogP contribution in [0.2, 0.25) is 0 Å². The molecule has 1 atom stereocenters. The van der Waals surface area contributed by atoms with Crippen LogP contribution in [0.15, 0.2) is 30.3 Å². The highest BCUT2D eigenvalue weighted by atomic mass is 19.3. The highest BCUT2D eigenvalue weighted by Crippen LogP contribution is 2.20. The fraction of sp³-hybridized carbons (Fsp3) is 0.364. The van der Waals surface area contributed by atoms with Crippen molar-refractivity contribution in [2.75, 3.05) is 13.2 Å².